The van der Waals surface area contributed by atoms with Crippen LogP contribution in [0.25, 0.3) is 21.9 Å². The molecule has 1 saturated heterocycles. The minimum atomic E-state index is 0.0236. The molecule has 7 heteroatoms. The van der Waals surface area contributed by atoms with Crippen LogP contribution in [0.1, 0.15) is 42.5 Å². The van der Waals surface area contributed by atoms with Gasteiger partial charge in [0.05, 0.1) is 22.7 Å². The highest BCUT2D eigenvalue weighted by molar-refractivity contribution is 6.06. The molecule has 0 spiro atoms. The summed E-state index contributed by atoms with van der Waals surface area (Å²) in [4.78, 5) is 26.9. The van der Waals surface area contributed by atoms with Crippen molar-refractivity contribution in [1.29, 1.82) is 0 Å². The highest BCUT2D eigenvalue weighted by Crippen LogP contribution is 2.29. The summed E-state index contributed by atoms with van der Waals surface area (Å²) in [6.45, 7) is 5.30. The molecule has 6 rings (SSSR count). The van der Waals surface area contributed by atoms with E-state index in [1.54, 1.807) is 12.5 Å². The number of anilines is 1. The third-order valence-corrected chi connectivity index (χ3v) is 7.96. The number of hydrogen-bond donors (Lipinski definition) is 1. The molecular weight excluding hydrogens is 450 g/mol. The molecule has 36 heavy (non-hydrogen) atoms. The Balaban J connectivity index is 0.949. The minimum Gasteiger partial charge on any atom is -0.464 e. The maximum Gasteiger partial charge on any atom is 0.252 e. The SMILES string of the molecule is O=C(N[C@H]1CC[C@H](CCN2CCN(c3nccc4occc34)CC2)CC1)c1ccnc2ccccc12. The topological polar surface area (TPSA) is 74.5 Å². The molecule has 0 radical (unpaired) electrons. The molecule has 4 aromatic rings. The number of piperazine rings is 1. The van der Waals surface area contributed by atoms with Crippen LogP contribution >= 0.6 is 0 Å². The fraction of sp³-hybridized carbons (Fsp3) is 0.414. The molecular formula is C29H33N5O2. The molecule has 1 saturated carbocycles. The summed E-state index contributed by atoms with van der Waals surface area (Å²) >= 11 is 0. The first-order valence-corrected chi connectivity index (χ1v) is 13.2. The number of amides is 1. The van der Waals surface area contributed by atoms with Gasteiger partial charge in [-0.05, 0) is 68.8 Å². The van der Waals surface area contributed by atoms with Gasteiger partial charge in [0.2, 0.25) is 0 Å². The third kappa shape index (κ3) is 4.80. The van der Waals surface area contributed by atoms with Crippen molar-refractivity contribution in [3.05, 3.63) is 66.7 Å². The van der Waals surface area contributed by atoms with Gasteiger partial charge in [0.25, 0.3) is 5.91 Å². The molecule has 186 valence electrons. The first-order chi connectivity index (χ1) is 17.7. The fourth-order valence-corrected chi connectivity index (χ4v) is 5.83. The van der Waals surface area contributed by atoms with Gasteiger partial charge in [-0.25, -0.2) is 4.98 Å². The number of aromatic nitrogens is 2. The number of nitrogens with one attached hydrogen (secondary N) is 1. The van der Waals surface area contributed by atoms with E-state index in [0.717, 1.165) is 84.7 Å². The molecule has 1 N–H and O–H groups in total. The lowest BCUT2D eigenvalue weighted by molar-refractivity contribution is 0.0921. The zero-order valence-electron chi connectivity index (χ0n) is 20.6. The Hall–Kier alpha value is -3.45. The van der Waals surface area contributed by atoms with Crippen molar-refractivity contribution >= 4 is 33.6 Å². The molecule has 2 aliphatic rings. The molecule has 0 bridgehead atoms. The van der Waals surface area contributed by atoms with Crippen LogP contribution in [0.2, 0.25) is 0 Å². The number of rotatable bonds is 6. The number of furan rings is 1. The van der Waals surface area contributed by atoms with Crippen molar-refractivity contribution in [2.75, 3.05) is 37.6 Å². The van der Waals surface area contributed by atoms with Gasteiger partial charge in [-0.2, -0.15) is 0 Å². The Labute approximate surface area is 211 Å². The average molecular weight is 484 g/mol. The predicted molar refractivity (Wildman–Crippen MR) is 142 cm³/mol. The summed E-state index contributed by atoms with van der Waals surface area (Å²) in [7, 11) is 0. The normalized spacial score (nSPS) is 21.2. The Morgan fingerprint density at radius 3 is 2.58 bits per heavy atom. The summed E-state index contributed by atoms with van der Waals surface area (Å²) in [5.74, 6) is 1.82. The predicted octanol–water partition coefficient (Wildman–Crippen LogP) is 4.88. The van der Waals surface area contributed by atoms with Gasteiger partial charge in [-0.3, -0.25) is 14.7 Å². The van der Waals surface area contributed by atoms with Crippen LogP contribution in [0.4, 0.5) is 5.82 Å². The standard InChI is InChI=1S/C29H33N5O2/c35-29(24-9-13-30-26-4-2-1-3-23(24)26)32-22-7-5-21(6-8-22)11-15-33-16-18-34(19-17-33)28-25-12-20-36-27(25)10-14-31-28/h1-4,9-10,12-14,20-22H,5-8,11,15-19H2,(H,32,35)/t21-,22-. The smallest absolute Gasteiger partial charge is 0.252 e. The molecule has 3 aromatic heterocycles. The molecule has 1 aromatic carbocycles. The highest BCUT2D eigenvalue weighted by atomic mass is 16.3. The van der Waals surface area contributed by atoms with Gasteiger partial charge in [0, 0.05) is 50.0 Å². The summed E-state index contributed by atoms with van der Waals surface area (Å²) in [5, 5.41) is 5.31. The van der Waals surface area contributed by atoms with E-state index in [0.29, 0.717) is 0 Å². The largest absolute Gasteiger partial charge is 0.464 e. The van der Waals surface area contributed by atoms with Crippen molar-refractivity contribution in [1.82, 2.24) is 20.2 Å². The molecule has 1 aliphatic carbocycles. The van der Waals surface area contributed by atoms with E-state index >= 15 is 0 Å². The third-order valence-electron chi connectivity index (χ3n) is 7.96. The van der Waals surface area contributed by atoms with E-state index in [1.807, 2.05) is 48.7 Å². The Bertz CT molecular complexity index is 1330. The number of fused-ring (bicyclic) bond motifs is 2. The number of para-hydroxylation sites is 1. The number of hydrogen-bond acceptors (Lipinski definition) is 6. The van der Waals surface area contributed by atoms with Crippen molar-refractivity contribution < 1.29 is 9.21 Å². The van der Waals surface area contributed by atoms with Crippen molar-refractivity contribution in [3.63, 3.8) is 0 Å². The summed E-state index contributed by atoms with van der Waals surface area (Å²) in [6, 6.07) is 13.9. The van der Waals surface area contributed by atoms with E-state index in [9.17, 15) is 4.79 Å². The van der Waals surface area contributed by atoms with Crippen molar-refractivity contribution in [2.24, 2.45) is 5.92 Å². The van der Waals surface area contributed by atoms with Crippen LogP contribution in [0.5, 0.6) is 0 Å². The molecule has 4 heterocycles. The molecule has 1 aliphatic heterocycles. The summed E-state index contributed by atoms with van der Waals surface area (Å²) in [5.41, 5.74) is 2.49. The van der Waals surface area contributed by atoms with E-state index < -0.39 is 0 Å². The number of carbonyl (C=O) groups is 1. The van der Waals surface area contributed by atoms with Crippen LogP contribution in [0.15, 0.2) is 65.5 Å². The second kappa shape index (κ2) is 10.3. The quantitative estimate of drug-likeness (QED) is 0.422. The van der Waals surface area contributed by atoms with Gasteiger partial charge in [0.15, 0.2) is 0 Å². The Morgan fingerprint density at radius 1 is 0.917 bits per heavy atom. The van der Waals surface area contributed by atoms with E-state index in [2.05, 4.69) is 25.1 Å². The molecule has 2 fully saturated rings. The lowest BCUT2D eigenvalue weighted by Crippen LogP contribution is -2.47. The molecule has 0 atom stereocenters. The van der Waals surface area contributed by atoms with Crippen LogP contribution in [-0.4, -0.2) is 59.5 Å². The molecule has 7 nitrogen and oxygen atoms in total. The fourth-order valence-electron chi connectivity index (χ4n) is 5.83. The number of carbonyl (C=O) groups excluding carboxylic acids is 1. The second-order valence-electron chi connectivity index (χ2n) is 10.2. The minimum absolute atomic E-state index is 0.0236. The summed E-state index contributed by atoms with van der Waals surface area (Å²) in [6.07, 6.45) is 11.1. The van der Waals surface area contributed by atoms with Crippen LogP contribution in [0.3, 0.4) is 0 Å². The number of nitrogens with zero attached hydrogens (tertiary/aromatic N) is 4. The van der Waals surface area contributed by atoms with Gasteiger partial charge < -0.3 is 14.6 Å². The van der Waals surface area contributed by atoms with Crippen LogP contribution in [0, 0.1) is 5.92 Å². The van der Waals surface area contributed by atoms with Crippen LogP contribution in [-0.2, 0) is 0 Å². The average Bonchev–Trinajstić information content (AvgIpc) is 3.42. The summed E-state index contributed by atoms with van der Waals surface area (Å²) < 4.78 is 5.54. The van der Waals surface area contributed by atoms with Gasteiger partial charge in [0.1, 0.15) is 11.4 Å². The Morgan fingerprint density at radius 2 is 1.72 bits per heavy atom. The lowest BCUT2D eigenvalue weighted by atomic mass is 9.84. The van der Waals surface area contributed by atoms with Gasteiger partial charge in [-0.1, -0.05) is 18.2 Å². The van der Waals surface area contributed by atoms with E-state index in [1.165, 1.54) is 19.3 Å². The maximum atomic E-state index is 13.0. The van der Waals surface area contributed by atoms with E-state index in [4.69, 9.17) is 4.42 Å². The zero-order chi connectivity index (χ0) is 24.3. The van der Waals surface area contributed by atoms with Crippen molar-refractivity contribution in [3.8, 4) is 0 Å². The Kier molecular flexibility index (Phi) is 6.55. The number of benzene rings is 1. The monoisotopic (exact) mass is 483 g/mol. The lowest BCUT2D eigenvalue weighted by Gasteiger charge is -2.37. The van der Waals surface area contributed by atoms with Crippen molar-refractivity contribution in [2.45, 2.75) is 38.1 Å². The first kappa shape index (κ1) is 23.0. The maximum absolute atomic E-state index is 13.0. The molecule has 1 amide bonds. The zero-order valence-corrected chi connectivity index (χ0v) is 20.6. The molecule has 0 unspecified atom stereocenters. The first-order valence-electron chi connectivity index (χ1n) is 13.2. The number of pyridine rings is 2. The van der Waals surface area contributed by atoms with E-state index in [-0.39, 0.29) is 11.9 Å². The van der Waals surface area contributed by atoms with Crippen LogP contribution < -0.4 is 10.2 Å². The second-order valence-corrected chi connectivity index (χ2v) is 10.2. The van der Waals surface area contributed by atoms with Gasteiger partial charge >= 0.3 is 0 Å². The van der Waals surface area contributed by atoms with Gasteiger partial charge in [-0.15, -0.1) is 0 Å². The highest BCUT2D eigenvalue weighted by Gasteiger charge is 2.25.